The second-order valence-corrected chi connectivity index (χ2v) is 13.2. The number of aryl methyl sites for hydroxylation is 3. The molecule has 47 heavy (non-hydrogen) atoms. The molecule has 4 atom stereocenters. The number of alkyl carbamates (subject to hydrolysis) is 1. The number of anilines is 1. The fraction of sp³-hybridized carbons (Fsp3) is 0.333. The Labute approximate surface area is 282 Å². The van der Waals surface area contributed by atoms with E-state index in [1.54, 1.807) is 0 Å². The Kier molecular flexibility index (Phi) is 12.1. The lowest BCUT2D eigenvalue weighted by molar-refractivity contribution is -0.118. The summed E-state index contributed by atoms with van der Waals surface area (Å²) in [6, 6.07) is 33.3. The number of hydrogen-bond acceptors (Lipinski definition) is 6. The molecule has 0 saturated carbocycles. The Morgan fingerprint density at radius 1 is 0.915 bits per heavy atom. The van der Waals surface area contributed by atoms with E-state index in [1.165, 1.54) is 23.1 Å². The van der Waals surface area contributed by atoms with Gasteiger partial charge in [0.25, 0.3) is 0 Å². The number of morpholine rings is 1. The van der Waals surface area contributed by atoms with Crippen LogP contribution in [0.4, 0.5) is 10.5 Å². The molecule has 1 heterocycles. The molecule has 5 rings (SSSR count). The second kappa shape index (κ2) is 16.6. The maximum atomic E-state index is 14.1. The summed E-state index contributed by atoms with van der Waals surface area (Å²) in [5.41, 5.74) is 6.15. The van der Waals surface area contributed by atoms with Crippen molar-refractivity contribution in [2.75, 3.05) is 24.7 Å². The van der Waals surface area contributed by atoms with Gasteiger partial charge in [0.15, 0.2) is 0 Å². The zero-order chi connectivity index (χ0) is 33.2. The second-order valence-electron chi connectivity index (χ2n) is 12.1. The van der Waals surface area contributed by atoms with Crippen molar-refractivity contribution >= 4 is 29.4 Å². The van der Waals surface area contributed by atoms with E-state index in [4.69, 9.17) is 9.47 Å². The van der Waals surface area contributed by atoms with Crippen molar-refractivity contribution in [3.8, 4) is 0 Å². The molecule has 2 amide bonds. The van der Waals surface area contributed by atoms with Gasteiger partial charge >= 0.3 is 6.09 Å². The summed E-state index contributed by atoms with van der Waals surface area (Å²) in [7, 11) is 1.30. The van der Waals surface area contributed by atoms with Crippen LogP contribution in [0, 0.1) is 13.8 Å². The number of benzene rings is 4. The first-order chi connectivity index (χ1) is 22.8. The molecule has 1 aliphatic rings. The van der Waals surface area contributed by atoms with Gasteiger partial charge in [-0.2, -0.15) is 0 Å². The minimum Gasteiger partial charge on any atom is -0.453 e. The van der Waals surface area contributed by atoms with Crippen molar-refractivity contribution in [1.29, 1.82) is 0 Å². The maximum absolute atomic E-state index is 14.1. The highest BCUT2D eigenvalue weighted by Gasteiger charge is 2.33. The smallest absolute Gasteiger partial charge is 0.407 e. The molecule has 4 aromatic carbocycles. The maximum Gasteiger partial charge on any atom is 0.407 e. The number of carbonyl (C=O) groups is 2. The zero-order valence-corrected chi connectivity index (χ0v) is 28.4. The van der Waals surface area contributed by atoms with Crippen LogP contribution in [-0.2, 0) is 20.7 Å². The highest BCUT2D eigenvalue weighted by molar-refractivity contribution is 7.99. The molecule has 1 fully saturated rings. The van der Waals surface area contributed by atoms with Gasteiger partial charge < -0.3 is 25.4 Å². The molecule has 0 aliphatic carbocycles. The third kappa shape index (κ3) is 9.25. The highest BCUT2D eigenvalue weighted by Crippen LogP contribution is 2.30. The average Bonchev–Trinajstić information content (AvgIpc) is 3.09. The number of thioether (sulfide) groups is 1. The molecule has 246 valence electrons. The zero-order valence-electron chi connectivity index (χ0n) is 27.6. The summed E-state index contributed by atoms with van der Waals surface area (Å²) in [5.74, 6) is 0.109. The molecular formula is C39H45N3O4S. The first-order valence-electron chi connectivity index (χ1n) is 16.2. The van der Waals surface area contributed by atoms with Crippen molar-refractivity contribution in [3.05, 3.63) is 131 Å². The van der Waals surface area contributed by atoms with Crippen molar-refractivity contribution in [2.45, 2.75) is 68.7 Å². The van der Waals surface area contributed by atoms with Crippen molar-refractivity contribution < 1.29 is 19.1 Å². The Morgan fingerprint density at radius 3 is 2.23 bits per heavy atom. The molecule has 8 heteroatoms. The fourth-order valence-electron chi connectivity index (χ4n) is 5.97. The van der Waals surface area contributed by atoms with Gasteiger partial charge in [0, 0.05) is 34.8 Å². The normalized spacial score (nSPS) is 18.4. The van der Waals surface area contributed by atoms with E-state index in [0.717, 1.165) is 41.8 Å². The van der Waals surface area contributed by atoms with Gasteiger partial charge in [0.1, 0.15) is 6.04 Å². The van der Waals surface area contributed by atoms with E-state index in [9.17, 15) is 9.59 Å². The van der Waals surface area contributed by atoms with Crippen LogP contribution in [0.1, 0.15) is 47.1 Å². The van der Waals surface area contributed by atoms with Crippen LogP contribution < -0.4 is 16.0 Å². The van der Waals surface area contributed by atoms with Crippen LogP contribution in [0.2, 0.25) is 0 Å². The molecule has 1 saturated heterocycles. The lowest BCUT2D eigenvalue weighted by atomic mass is 9.84. The summed E-state index contributed by atoms with van der Waals surface area (Å²) in [6.45, 7) is 7.25. The van der Waals surface area contributed by atoms with Gasteiger partial charge in [-0.3, -0.25) is 4.79 Å². The van der Waals surface area contributed by atoms with Gasteiger partial charge in [-0.05, 0) is 79.6 Å². The number of carbonyl (C=O) groups excluding carboxylic acids is 2. The topological polar surface area (TPSA) is 88.7 Å². The SMILES string of the molecule is COC(=O)N[C@H](C(=O)Nc1ccccc1CC[C@@H]1CN[C@H](C)[C@@H](CSc2ccc(C)c(C)c2)O1)C(c1ccccc1)c1ccccc1. The molecule has 4 aromatic rings. The van der Waals surface area contributed by atoms with Crippen LogP contribution in [0.25, 0.3) is 0 Å². The van der Waals surface area contributed by atoms with Gasteiger partial charge in [-0.15, -0.1) is 11.8 Å². The Balaban J connectivity index is 1.28. The number of ether oxygens (including phenoxy) is 2. The van der Waals surface area contributed by atoms with E-state index >= 15 is 0 Å². The standard InChI is InChI=1S/C39H45N3O4S/c1-26-19-22-33(23-27(26)2)47-25-35-28(3)40-24-32(46-35)21-20-29-13-11-12-18-34(29)41-38(43)37(42-39(44)45-4)36(30-14-7-5-8-15-30)31-16-9-6-10-17-31/h5-19,22-23,28,32,35-37,40H,20-21,24-25H2,1-4H3,(H,41,43)(H,42,44)/t28-,32-,35-,37+/m1/s1. The van der Waals surface area contributed by atoms with Crippen molar-refractivity contribution in [1.82, 2.24) is 10.6 Å². The number of rotatable bonds is 12. The Morgan fingerprint density at radius 2 is 1.57 bits per heavy atom. The van der Waals surface area contributed by atoms with Crippen LogP contribution in [0.3, 0.4) is 0 Å². The minimum atomic E-state index is -0.928. The molecule has 3 N–H and O–H groups in total. The van der Waals surface area contributed by atoms with Crippen molar-refractivity contribution in [2.24, 2.45) is 0 Å². The average molecular weight is 652 g/mol. The molecule has 7 nitrogen and oxygen atoms in total. The van der Waals surface area contributed by atoms with Crippen molar-refractivity contribution in [3.63, 3.8) is 0 Å². The number of amides is 2. The predicted molar refractivity (Wildman–Crippen MR) is 190 cm³/mol. The molecule has 1 aliphatic heterocycles. The molecule has 0 spiro atoms. The van der Waals surface area contributed by atoms with E-state index in [0.29, 0.717) is 5.69 Å². The highest BCUT2D eigenvalue weighted by atomic mass is 32.2. The number of hydrogen-bond donors (Lipinski definition) is 3. The van der Waals surface area contributed by atoms with Crippen LogP contribution in [0.5, 0.6) is 0 Å². The number of para-hydroxylation sites is 1. The quantitative estimate of drug-likeness (QED) is 0.140. The summed E-state index contributed by atoms with van der Waals surface area (Å²) in [5, 5.41) is 9.61. The molecule has 0 unspecified atom stereocenters. The van der Waals surface area contributed by atoms with E-state index < -0.39 is 18.1 Å². The number of nitrogens with one attached hydrogen (secondary N) is 3. The lowest BCUT2D eigenvalue weighted by Gasteiger charge is -2.36. The molecule has 0 bridgehead atoms. The van der Waals surface area contributed by atoms with E-state index in [1.807, 2.05) is 96.7 Å². The minimum absolute atomic E-state index is 0.0505. The summed E-state index contributed by atoms with van der Waals surface area (Å²) >= 11 is 1.84. The summed E-state index contributed by atoms with van der Waals surface area (Å²) in [6.07, 6.45) is 1.00. The first kappa shape index (κ1) is 34.2. The van der Waals surface area contributed by atoms with Gasteiger partial charge in [0.2, 0.25) is 5.91 Å². The van der Waals surface area contributed by atoms with Crippen LogP contribution in [-0.4, -0.2) is 55.7 Å². The Bertz CT molecular complexity index is 1580. The van der Waals surface area contributed by atoms with Gasteiger partial charge in [0.05, 0.1) is 19.3 Å². The fourth-order valence-corrected chi connectivity index (χ4v) is 7.12. The van der Waals surface area contributed by atoms with Gasteiger partial charge in [-0.1, -0.05) is 84.9 Å². The molecular weight excluding hydrogens is 607 g/mol. The number of methoxy groups -OCH3 is 1. The monoisotopic (exact) mass is 651 g/mol. The predicted octanol–water partition coefficient (Wildman–Crippen LogP) is 7.27. The van der Waals surface area contributed by atoms with Gasteiger partial charge in [-0.25, -0.2) is 4.79 Å². The molecule has 0 aromatic heterocycles. The van der Waals surface area contributed by atoms with Crippen LogP contribution in [0.15, 0.2) is 108 Å². The summed E-state index contributed by atoms with van der Waals surface area (Å²) < 4.78 is 11.6. The Hall–Kier alpha value is -4.11. The third-order valence-electron chi connectivity index (χ3n) is 8.89. The lowest BCUT2D eigenvalue weighted by Crippen LogP contribution is -2.52. The van der Waals surface area contributed by atoms with E-state index in [-0.39, 0.29) is 24.2 Å². The summed E-state index contributed by atoms with van der Waals surface area (Å²) in [4.78, 5) is 27.9. The third-order valence-corrected chi connectivity index (χ3v) is 9.97. The largest absolute Gasteiger partial charge is 0.453 e. The van der Waals surface area contributed by atoms with E-state index in [2.05, 4.69) is 54.9 Å². The first-order valence-corrected chi connectivity index (χ1v) is 17.2. The molecule has 0 radical (unpaired) electrons. The van der Waals surface area contributed by atoms with Crippen LogP contribution >= 0.6 is 11.8 Å².